The normalized spacial score (nSPS) is 21.2. The Morgan fingerprint density at radius 2 is 1.92 bits per heavy atom. The number of hydrogen-bond acceptors (Lipinski definition) is 0. The van der Waals surface area contributed by atoms with Crippen molar-refractivity contribution in [3.05, 3.63) is 64.2 Å². The van der Waals surface area contributed by atoms with E-state index in [0.29, 0.717) is 0 Å². The zero-order chi connectivity index (χ0) is 18.7. The van der Waals surface area contributed by atoms with E-state index < -0.39 is 0 Å². The summed E-state index contributed by atoms with van der Waals surface area (Å²) in [6.07, 6.45) is 12.5. The molecule has 3 rings (SSSR count). The summed E-state index contributed by atoms with van der Waals surface area (Å²) in [7, 11) is 0. The monoisotopic (exact) mass is 368 g/mol. The molecule has 1 aliphatic carbocycles. The third kappa shape index (κ3) is 3.47. The Hall–Kier alpha value is -1.60. The first-order valence-corrected chi connectivity index (χ1v) is 10.3. The van der Waals surface area contributed by atoms with Crippen LogP contribution >= 0.6 is 11.6 Å². The molecule has 2 heteroatoms. The molecule has 0 amide bonds. The van der Waals surface area contributed by atoms with Crippen molar-refractivity contribution in [3.8, 4) is 0 Å². The minimum absolute atomic E-state index is 0.0198. The fourth-order valence-corrected chi connectivity index (χ4v) is 4.56. The Bertz CT molecular complexity index is 805. The number of rotatable bonds is 5. The average molecular weight is 369 g/mol. The summed E-state index contributed by atoms with van der Waals surface area (Å²) in [5.74, 6) is 0. The van der Waals surface area contributed by atoms with Crippen molar-refractivity contribution >= 4 is 23.0 Å². The van der Waals surface area contributed by atoms with Crippen LogP contribution in [-0.4, -0.2) is 16.8 Å². The molecule has 0 radical (unpaired) electrons. The maximum Gasteiger partial charge on any atom is 0.209 e. The molecule has 1 aliphatic heterocycles. The molecule has 26 heavy (non-hydrogen) atoms. The molecule has 0 unspecified atom stereocenters. The maximum atomic E-state index is 6.65. The van der Waals surface area contributed by atoms with Crippen LogP contribution in [0.4, 0.5) is 5.69 Å². The molecule has 0 saturated heterocycles. The van der Waals surface area contributed by atoms with Crippen LogP contribution in [0.15, 0.2) is 58.7 Å². The van der Waals surface area contributed by atoms with Crippen molar-refractivity contribution in [2.75, 3.05) is 6.54 Å². The number of halogens is 1. The van der Waals surface area contributed by atoms with E-state index in [4.69, 9.17) is 11.6 Å². The number of fused-ring (bicyclic) bond motifs is 1. The molecule has 0 aromatic heterocycles. The lowest BCUT2D eigenvalue weighted by molar-refractivity contribution is -0.438. The molecule has 1 aromatic rings. The Morgan fingerprint density at radius 3 is 2.65 bits per heavy atom. The molecular formula is C24H31ClN+. The van der Waals surface area contributed by atoms with Crippen LogP contribution in [0.3, 0.4) is 0 Å². The van der Waals surface area contributed by atoms with Crippen LogP contribution in [0.25, 0.3) is 0 Å². The van der Waals surface area contributed by atoms with Gasteiger partial charge in [0.05, 0.1) is 5.41 Å². The van der Waals surface area contributed by atoms with Gasteiger partial charge in [-0.1, -0.05) is 55.3 Å². The highest BCUT2D eigenvalue weighted by molar-refractivity contribution is 6.32. The first-order valence-electron chi connectivity index (χ1n) is 9.97. The number of nitrogens with zero attached hydrogens (tertiary/aromatic N) is 1. The highest BCUT2D eigenvalue weighted by Gasteiger charge is 2.43. The lowest BCUT2D eigenvalue weighted by atomic mass is 9.81. The second kappa shape index (κ2) is 7.96. The number of hydrogen-bond donors (Lipinski definition) is 0. The second-order valence-electron chi connectivity index (χ2n) is 7.87. The van der Waals surface area contributed by atoms with Gasteiger partial charge in [0.1, 0.15) is 6.54 Å². The van der Waals surface area contributed by atoms with Crippen molar-refractivity contribution in [1.82, 2.24) is 0 Å². The average Bonchev–Trinajstić information content (AvgIpc) is 2.86. The van der Waals surface area contributed by atoms with E-state index in [1.807, 2.05) is 0 Å². The van der Waals surface area contributed by atoms with Gasteiger partial charge >= 0.3 is 0 Å². The quantitative estimate of drug-likeness (QED) is 0.490. The van der Waals surface area contributed by atoms with Crippen molar-refractivity contribution in [3.63, 3.8) is 0 Å². The zero-order valence-electron chi connectivity index (χ0n) is 16.6. The Labute approximate surface area is 163 Å². The third-order valence-corrected chi connectivity index (χ3v) is 6.27. The topological polar surface area (TPSA) is 3.01 Å². The van der Waals surface area contributed by atoms with E-state index in [1.165, 1.54) is 47.4 Å². The molecule has 1 nitrogen and oxygen atoms in total. The summed E-state index contributed by atoms with van der Waals surface area (Å²) >= 11 is 6.65. The number of unbranched alkanes of at least 4 members (excludes halogenated alkanes) is 1. The lowest BCUT2D eigenvalue weighted by Crippen LogP contribution is -2.28. The van der Waals surface area contributed by atoms with Gasteiger partial charge in [0.2, 0.25) is 5.69 Å². The molecule has 0 bridgehead atoms. The summed E-state index contributed by atoms with van der Waals surface area (Å²) in [6, 6.07) is 8.85. The first-order chi connectivity index (χ1) is 12.5. The molecule has 2 aliphatic rings. The molecule has 0 saturated carbocycles. The molecular weight excluding hydrogens is 338 g/mol. The molecule has 1 heterocycles. The fourth-order valence-electron chi connectivity index (χ4n) is 4.20. The van der Waals surface area contributed by atoms with Crippen molar-refractivity contribution in [2.24, 2.45) is 0 Å². The molecule has 1 aromatic carbocycles. The Balaban J connectivity index is 2.03. The van der Waals surface area contributed by atoms with E-state index in [1.54, 1.807) is 0 Å². The third-order valence-electron chi connectivity index (χ3n) is 5.78. The van der Waals surface area contributed by atoms with Gasteiger partial charge in [-0.25, -0.2) is 0 Å². The zero-order valence-corrected chi connectivity index (χ0v) is 17.4. The largest absolute Gasteiger partial charge is 0.209 e. The molecule has 0 fully saturated rings. The van der Waals surface area contributed by atoms with Crippen LogP contribution in [0.1, 0.15) is 65.4 Å². The number of para-hydroxylation sites is 1. The van der Waals surface area contributed by atoms with Gasteiger partial charge in [0.15, 0.2) is 5.71 Å². The van der Waals surface area contributed by atoms with E-state index >= 15 is 0 Å². The number of allylic oxidation sites excluding steroid dienone is 6. The summed E-state index contributed by atoms with van der Waals surface area (Å²) < 4.78 is 2.52. The number of benzene rings is 1. The predicted octanol–water partition coefficient (Wildman–Crippen LogP) is 7.04. The molecule has 0 spiro atoms. The van der Waals surface area contributed by atoms with E-state index in [0.717, 1.165) is 24.4 Å². The van der Waals surface area contributed by atoms with Crippen LogP contribution in [0.2, 0.25) is 0 Å². The molecule has 0 N–H and O–H groups in total. The summed E-state index contributed by atoms with van der Waals surface area (Å²) in [6.45, 7) is 10.1. The standard InChI is InChI=1S/C24H31ClN/c1-5-7-17-26-21-14-9-8-13-20(21)24(3,4)22(26)16-15-19-12-10-11-18(6-2)23(19)25/h6,8-9,13-16H,5,7,10-12,17H2,1-4H3/q+1/b16-15+,18-6+. The van der Waals surface area contributed by atoms with Crippen molar-refractivity contribution in [1.29, 1.82) is 0 Å². The maximum absolute atomic E-state index is 6.65. The van der Waals surface area contributed by atoms with E-state index in [2.05, 4.69) is 74.8 Å². The van der Waals surface area contributed by atoms with Gasteiger partial charge in [-0.2, -0.15) is 4.58 Å². The van der Waals surface area contributed by atoms with Gasteiger partial charge in [-0.05, 0) is 51.2 Å². The Kier molecular flexibility index (Phi) is 5.87. The van der Waals surface area contributed by atoms with Crippen LogP contribution < -0.4 is 0 Å². The van der Waals surface area contributed by atoms with Gasteiger partial charge in [0.25, 0.3) is 0 Å². The SMILES string of the molecule is C/C=C1\CCCC(/C=C/C2=[N+](CCCC)c3ccccc3C2(C)C)=C1Cl. The van der Waals surface area contributed by atoms with E-state index in [-0.39, 0.29) is 5.41 Å². The smallest absolute Gasteiger partial charge is 0.195 e. The summed E-state index contributed by atoms with van der Waals surface area (Å²) in [5.41, 5.74) is 6.76. The van der Waals surface area contributed by atoms with Crippen LogP contribution in [0, 0.1) is 0 Å². The van der Waals surface area contributed by atoms with E-state index in [9.17, 15) is 0 Å². The predicted molar refractivity (Wildman–Crippen MR) is 114 cm³/mol. The first kappa shape index (κ1) is 19.2. The van der Waals surface area contributed by atoms with Gasteiger partial charge in [-0.3, -0.25) is 0 Å². The minimum Gasteiger partial charge on any atom is -0.195 e. The molecule has 0 atom stereocenters. The lowest BCUT2D eigenvalue weighted by Gasteiger charge is -2.18. The van der Waals surface area contributed by atoms with Gasteiger partial charge in [-0.15, -0.1) is 0 Å². The van der Waals surface area contributed by atoms with Crippen LogP contribution in [-0.2, 0) is 5.41 Å². The summed E-state index contributed by atoms with van der Waals surface area (Å²) in [4.78, 5) is 0. The second-order valence-corrected chi connectivity index (χ2v) is 8.25. The minimum atomic E-state index is 0.0198. The molecule has 138 valence electrons. The highest BCUT2D eigenvalue weighted by Crippen LogP contribution is 2.40. The van der Waals surface area contributed by atoms with Crippen molar-refractivity contribution < 1.29 is 4.58 Å². The van der Waals surface area contributed by atoms with Crippen LogP contribution in [0.5, 0.6) is 0 Å². The highest BCUT2D eigenvalue weighted by atomic mass is 35.5. The van der Waals surface area contributed by atoms with Gasteiger partial charge in [0, 0.05) is 29.2 Å². The van der Waals surface area contributed by atoms with Gasteiger partial charge < -0.3 is 0 Å². The Morgan fingerprint density at radius 1 is 1.15 bits per heavy atom. The van der Waals surface area contributed by atoms with Crippen molar-refractivity contribution in [2.45, 2.75) is 65.2 Å². The fraction of sp³-hybridized carbons (Fsp3) is 0.458. The summed E-state index contributed by atoms with van der Waals surface area (Å²) in [5, 5.41) is 0.962.